The fourth-order valence-electron chi connectivity index (χ4n) is 2.24. The van der Waals surface area contributed by atoms with E-state index in [1.54, 1.807) is 11.8 Å². The molecule has 1 aromatic carbocycles. The predicted molar refractivity (Wildman–Crippen MR) is 79.3 cm³/mol. The molecule has 1 aliphatic heterocycles. The van der Waals surface area contributed by atoms with E-state index in [-0.39, 0.29) is 6.10 Å². The Bertz CT molecular complexity index is 369. The van der Waals surface area contributed by atoms with Crippen molar-refractivity contribution in [2.75, 3.05) is 25.4 Å². The zero-order valence-corrected chi connectivity index (χ0v) is 12.1. The molecule has 1 fully saturated rings. The van der Waals surface area contributed by atoms with E-state index in [1.165, 1.54) is 12.8 Å². The number of hydrogen-bond donors (Lipinski definition) is 1. The lowest BCUT2D eigenvalue weighted by atomic mass is 10.2. The van der Waals surface area contributed by atoms with Crippen LogP contribution in [0.25, 0.3) is 0 Å². The number of thioether (sulfide) groups is 1. The average Bonchev–Trinajstić information content (AvgIpc) is 2.84. The number of β-amino-alcohol motifs (C(OH)–C–C–N with tert-alkyl or cyclic N) is 1. The number of aliphatic hydroxyl groups is 1. The molecule has 0 bridgehead atoms. The van der Waals surface area contributed by atoms with E-state index in [9.17, 15) is 5.11 Å². The normalized spacial score (nSPS) is 18.1. The molecule has 0 amide bonds. The molecular weight excluding hydrogens is 266 g/mol. The summed E-state index contributed by atoms with van der Waals surface area (Å²) in [5.74, 6) is 1.65. The molecule has 18 heavy (non-hydrogen) atoms. The lowest BCUT2D eigenvalue weighted by Gasteiger charge is -2.19. The highest BCUT2D eigenvalue weighted by Crippen LogP contribution is 2.21. The minimum absolute atomic E-state index is 0.226. The van der Waals surface area contributed by atoms with Crippen molar-refractivity contribution in [2.45, 2.75) is 24.7 Å². The number of likely N-dealkylation sites (tertiary alicyclic amines) is 1. The van der Waals surface area contributed by atoms with E-state index in [1.807, 2.05) is 24.3 Å². The standard InChI is InChI=1S/C14H20ClNOS/c15-14-6-2-1-5-12(14)10-18-11-13(17)9-16-7-3-4-8-16/h1-2,5-6,13,17H,3-4,7-11H2. The maximum absolute atomic E-state index is 9.96. The lowest BCUT2D eigenvalue weighted by Crippen LogP contribution is -2.31. The number of aliphatic hydroxyl groups excluding tert-OH is 1. The second-order valence-corrected chi connectivity index (χ2v) is 6.21. The molecule has 1 aliphatic rings. The summed E-state index contributed by atoms with van der Waals surface area (Å²) in [4.78, 5) is 2.35. The lowest BCUT2D eigenvalue weighted by molar-refractivity contribution is 0.144. The van der Waals surface area contributed by atoms with Gasteiger partial charge in [-0.1, -0.05) is 29.8 Å². The molecule has 4 heteroatoms. The maximum atomic E-state index is 9.96. The number of hydrogen-bond acceptors (Lipinski definition) is 3. The van der Waals surface area contributed by atoms with Gasteiger partial charge in [0.1, 0.15) is 0 Å². The second-order valence-electron chi connectivity index (χ2n) is 4.77. The van der Waals surface area contributed by atoms with Crippen LogP contribution >= 0.6 is 23.4 Å². The van der Waals surface area contributed by atoms with Crippen LogP contribution in [0.3, 0.4) is 0 Å². The summed E-state index contributed by atoms with van der Waals surface area (Å²) in [6.45, 7) is 3.11. The van der Waals surface area contributed by atoms with Gasteiger partial charge in [0.05, 0.1) is 6.10 Å². The molecule has 1 N–H and O–H groups in total. The highest BCUT2D eigenvalue weighted by atomic mass is 35.5. The topological polar surface area (TPSA) is 23.5 Å². The van der Waals surface area contributed by atoms with Crippen LogP contribution in [0, 0.1) is 0 Å². The summed E-state index contributed by atoms with van der Waals surface area (Å²) < 4.78 is 0. The fourth-order valence-corrected chi connectivity index (χ4v) is 3.49. The second kappa shape index (κ2) is 7.39. The van der Waals surface area contributed by atoms with Gasteiger partial charge in [0, 0.05) is 23.1 Å². The Labute approximate surface area is 118 Å². The molecule has 1 saturated heterocycles. The van der Waals surface area contributed by atoms with Crippen molar-refractivity contribution >= 4 is 23.4 Å². The molecule has 0 saturated carbocycles. The monoisotopic (exact) mass is 285 g/mol. The van der Waals surface area contributed by atoms with Crippen molar-refractivity contribution in [1.82, 2.24) is 4.90 Å². The van der Waals surface area contributed by atoms with Gasteiger partial charge >= 0.3 is 0 Å². The van der Waals surface area contributed by atoms with Crippen molar-refractivity contribution < 1.29 is 5.11 Å². The van der Waals surface area contributed by atoms with Gasteiger partial charge in [0.25, 0.3) is 0 Å². The van der Waals surface area contributed by atoms with Gasteiger partial charge in [0.15, 0.2) is 0 Å². The predicted octanol–water partition coefficient (Wildman–Crippen LogP) is 3.03. The van der Waals surface area contributed by atoms with Crippen LogP contribution in [-0.2, 0) is 5.75 Å². The third kappa shape index (κ3) is 4.47. The van der Waals surface area contributed by atoms with Crippen LogP contribution in [-0.4, -0.2) is 41.5 Å². The zero-order chi connectivity index (χ0) is 12.8. The van der Waals surface area contributed by atoms with Crippen molar-refractivity contribution in [1.29, 1.82) is 0 Å². The Morgan fingerprint density at radius 3 is 2.72 bits per heavy atom. The summed E-state index contributed by atoms with van der Waals surface area (Å²) in [5.41, 5.74) is 1.15. The largest absolute Gasteiger partial charge is 0.391 e. The van der Waals surface area contributed by atoms with Crippen LogP contribution < -0.4 is 0 Å². The van der Waals surface area contributed by atoms with Crippen molar-refractivity contribution in [3.8, 4) is 0 Å². The molecule has 2 nitrogen and oxygen atoms in total. The van der Waals surface area contributed by atoms with Crippen molar-refractivity contribution in [3.63, 3.8) is 0 Å². The maximum Gasteiger partial charge on any atom is 0.0757 e. The van der Waals surface area contributed by atoms with E-state index in [4.69, 9.17) is 11.6 Å². The molecule has 100 valence electrons. The van der Waals surface area contributed by atoms with E-state index >= 15 is 0 Å². The first kappa shape index (κ1) is 14.2. The molecule has 1 aromatic rings. The van der Waals surface area contributed by atoms with Gasteiger partial charge < -0.3 is 10.0 Å². The van der Waals surface area contributed by atoms with Crippen LogP contribution in [0.5, 0.6) is 0 Å². The number of benzene rings is 1. The van der Waals surface area contributed by atoms with Crippen molar-refractivity contribution in [3.05, 3.63) is 34.9 Å². The molecular formula is C14H20ClNOS. The Kier molecular flexibility index (Phi) is 5.83. The molecule has 0 aromatic heterocycles. The third-order valence-corrected chi connectivity index (χ3v) is 4.70. The molecule has 0 aliphatic carbocycles. The van der Waals surface area contributed by atoms with E-state index < -0.39 is 0 Å². The Morgan fingerprint density at radius 2 is 2.00 bits per heavy atom. The number of nitrogens with zero attached hydrogens (tertiary/aromatic N) is 1. The fraction of sp³-hybridized carbons (Fsp3) is 0.571. The first-order chi connectivity index (χ1) is 8.75. The smallest absolute Gasteiger partial charge is 0.0757 e. The summed E-state index contributed by atoms with van der Waals surface area (Å²) in [7, 11) is 0. The highest BCUT2D eigenvalue weighted by molar-refractivity contribution is 7.98. The summed E-state index contributed by atoms with van der Waals surface area (Å²) in [5, 5.41) is 10.8. The average molecular weight is 286 g/mol. The van der Waals surface area contributed by atoms with Gasteiger partial charge in [-0.2, -0.15) is 11.8 Å². The van der Waals surface area contributed by atoms with Crippen molar-refractivity contribution in [2.24, 2.45) is 0 Å². The molecule has 0 spiro atoms. The Morgan fingerprint density at radius 1 is 1.28 bits per heavy atom. The minimum atomic E-state index is -0.226. The van der Waals surface area contributed by atoms with E-state index in [0.717, 1.165) is 41.7 Å². The zero-order valence-electron chi connectivity index (χ0n) is 10.5. The minimum Gasteiger partial charge on any atom is -0.391 e. The Balaban J connectivity index is 1.67. The molecule has 0 radical (unpaired) electrons. The van der Waals surface area contributed by atoms with Gasteiger partial charge in [-0.25, -0.2) is 0 Å². The van der Waals surface area contributed by atoms with Crippen LogP contribution in [0.2, 0.25) is 5.02 Å². The van der Waals surface area contributed by atoms with Gasteiger partial charge in [0.2, 0.25) is 0 Å². The number of rotatable bonds is 6. The van der Waals surface area contributed by atoms with E-state index in [2.05, 4.69) is 4.90 Å². The molecule has 1 unspecified atom stereocenters. The first-order valence-electron chi connectivity index (χ1n) is 6.47. The van der Waals surface area contributed by atoms with Crippen LogP contribution in [0.1, 0.15) is 18.4 Å². The molecule has 1 atom stereocenters. The summed E-state index contributed by atoms with van der Waals surface area (Å²) in [6.07, 6.45) is 2.33. The summed E-state index contributed by atoms with van der Waals surface area (Å²) in [6, 6.07) is 7.90. The SMILES string of the molecule is OC(CSCc1ccccc1Cl)CN1CCCC1. The quantitative estimate of drug-likeness (QED) is 0.869. The van der Waals surface area contributed by atoms with E-state index in [0.29, 0.717) is 0 Å². The number of halogens is 1. The molecule has 2 rings (SSSR count). The van der Waals surface area contributed by atoms with Gasteiger partial charge in [-0.05, 0) is 37.6 Å². The molecule has 1 heterocycles. The van der Waals surface area contributed by atoms with Gasteiger partial charge in [-0.3, -0.25) is 0 Å². The highest BCUT2D eigenvalue weighted by Gasteiger charge is 2.15. The summed E-state index contributed by atoms with van der Waals surface area (Å²) >= 11 is 7.84. The third-order valence-electron chi connectivity index (χ3n) is 3.19. The van der Waals surface area contributed by atoms with Gasteiger partial charge in [-0.15, -0.1) is 0 Å². The first-order valence-corrected chi connectivity index (χ1v) is 8.00. The van der Waals surface area contributed by atoms with Crippen LogP contribution in [0.4, 0.5) is 0 Å². The Hall–Kier alpha value is -0.220. The van der Waals surface area contributed by atoms with Crippen LogP contribution in [0.15, 0.2) is 24.3 Å².